The van der Waals surface area contributed by atoms with E-state index >= 15 is 0 Å². The Labute approximate surface area is 204 Å². The zero-order chi connectivity index (χ0) is 23.4. The fraction of sp³-hybridized carbons (Fsp3) is 0.130. The molecule has 4 aromatic rings. The Morgan fingerprint density at radius 2 is 1.79 bits per heavy atom. The Kier molecular flexibility index (Phi) is 7.17. The van der Waals surface area contributed by atoms with Gasteiger partial charge >= 0.3 is 0 Å². The molecule has 0 aliphatic rings. The van der Waals surface area contributed by atoms with Gasteiger partial charge in [0.1, 0.15) is 12.4 Å². The van der Waals surface area contributed by atoms with Gasteiger partial charge in [0.25, 0.3) is 0 Å². The highest BCUT2D eigenvalue weighted by Crippen LogP contribution is 2.34. The van der Waals surface area contributed by atoms with Gasteiger partial charge in [0.2, 0.25) is 4.77 Å². The van der Waals surface area contributed by atoms with Crippen LogP contribution in [-0.4, -0.2) is 22.0 Å². The van der Waals surface area contributed by atoms with E-state index in [-0.39, 0.29) is 11.6 Å². The molecule has 10 heteroatoms. The van der Waals surface area contributed by atoms with Gasteiger partial charge in [-0.05, 0) is 36.0 Å². The number of aromatic amines is 1. The lowest BCUT2D eigenvalue weighted by molar-refractivity contribution is 0.284. The molecule has 3 aromatic carbocycles. The zero-order valence-corrected chi connectivity index (χ0v) is 19.8. The number of hydrogen-bond donors (Lipinski definition) is 2. The molecule has 33 heavy (non-hydrogen) atoms. The number of rotatable bonds is 8. The van der Waals surface area contributed by atoms with Crippen LogP contribution in [0.2, 0.25) is 10.0 Å². The Morgan fingerprint density at radius 1 is 1.03 bits per heavy atom. The number of nitrogens with one attached hydrogen (secondary N) is 2. The summed E-state index contributed by atoms with van der Waals surface area (Å²) in [6.45, 7) is 0.487. The number of ether oxygens (including phenoxy) is 2. The SMILES string of the molecule is COc1cc(CNn2c(-c3ccccc3)n[nH]c2=S)c(Cl)cc1OCc1ccc(F)cc1Cl. The summed E-state index contributed by atoms with van der Waals surface area (Å²) in [6.07, 6.45) is 0. The van der Waals surface area contributed by atoms with Crippen molar-refractivity contribution in [2.45, 2.75) is 13.2 Å². The van der Waals surface area contributed by atoms with Crippen molar-refractivity contribution in [3.63, 3.8) is 0 Å². The van der Waals surface area contributed by atoms with Gasteiger partial charge in [-0.25, -0.2) is 14.2 Å². The van der Waals surface area contributed by atoms with Crippen LogP contribution in [0.1, 0.15) is 11.1 Å². The minimum atomic E-state index is -0.408. The topological polar surface area (TPSA) is 64.1 Å². The molecule has 0 saturated carbocycles. The lowest BCUT2D eigenvalue weighted by Gasteiger charge is -2.16. The first-order chi connectivity index (χ1) is 16.0. The molecule has 0 aliphatic carbocycles. The fourth-order valence-electron chi connectivity index (χ4n) is 3.17. The van der Waals surface area contributed by atoms with Crippen molar-refractivity contribution >= 4 is 35.4 Å². The molecule has 0 unspecified atom stereocenters. The third-order valence-corrected chi connectivity index (χ3v) is 5.84. The quantitative estimate of drug-likeness (QED) is 0.272. The summed E-state index contributed by atoms with van der Waals surface area (Å²) in [4.78, 5) is 0. The summed E-state index contributed by atoms with van der Waals surface area (Å²) in [5.74, 6) is 1.18. The maximum absolute atomic E-state index is 13.3. The van der Waals surface area contributed by atoms with Crippen LogP contribution in [-0.2, 0) is 13.2 Å². The standard InChI is InChI=1S/C23H19Cl2FN4O2S/c1-31-20-9-16(12-27-30-22(28-29-23(30)33)14-5-3-2-4-6-14)19(25)11-21(20)32-13-15-7-8-17(26)10-18(15)24/h2-11,27H,12-13H2,1H3,(H,29,33). The molecule has 0 atom stereocenters. The van der Waals surface area contributed by atoms with Gasteiger partial charge in [0, 0.05) is 22.2 Å². The molecule has 0 spiro atoms. The fourth-order valence-corrected chi connectivity index (χ4v) is 3.81. The van der Waals surface area contributed by atoms with Crippen LogP contribution in [0.3, 0.4) is 0 Å². The first kappa shape index (κ1) is 23.1. The number of hydrogen-bond acceptors (Lipinski definition) is 5. The average molecular weight is 505 g/mol. The molecule has 0 fully saturated rings. The summed E-state index contributed by atoms with van der Waals surface area (Å²) in [6, 6.07) is 17.3. The minimum Gasteiger partial charge on any atom is -0.493 e. The maximum atomic E-state index is 13.3. The summed E-state index contributed by atoms with van der Waals surface area (Å²) in [7, 11) is 1.54. The third-order valence-electron chi connectivity index (χ3n) is 4.86. The van der Waals surface area contributed by atoms with Crippen LogP contribution >= 0.6 is 35.4 Å². The largest absolute Gasteiger partial charge is 0.493 e. The first-order valence-corrected chi connectivity index (χ1v) is 11.0. The molecule has 0 aliphatic heterocycles. The van der Waals surface area contributed by atoms with Crippen molar-refractivity contribution in [1.82, 2.24) is 14.9 Å². The van der Waals surface area contributed by atoms with Crippen LogP contribution in [0, 0.1) is 10.6 Å². The molecule has 0 saturated heterocycles. The number of methoxy groups -OCH3 is 1. The van der Waals surface area contributed by atoms with Crippen molar-refractivity contribution in [2.75, 3.05) is 12.5 Å². The Hall–Kier alpha value is -3.07. The Morgan fingerprint density at radius 3 is 2.52 bits per heavy atom. The van der Waals surface area contributed by atoms with Gasteiger partial charge in [-0.3, -0.25) is 0 Å². The number of aromatic nitrogens is 3. The highest BCUT2D eigenvalue weighted by Gasteiger charge is 2.14. The number of halogens is 3. The highest BCUT2D eigenvalue weighted by atomic mass is 35.5. The van der Waals surface area contributed by atoms with Crippen LogP contribution < -0.4 is 14.9 Å². The van der Waals surface area contributed by atoms with Gasteiger partial charge < -0.3 is 14.9 Å². The Balaban J connectivity index is 1.52. The molecule has 6 nitrogen and oxygen atoms in total. The van der Waals surface area contributed by atoms with Gasteiger partial charge in [-0.2, -0.15) is 5.10 Å². The highest BCUT2D eigenvalue weighted by molar-refractivity contribution is 7.71. The van der Waals surface area contributed by atoms with Crippen molar-refractivity contribution in [1.29, 1.82) is 0 Å². The van der Waals surface area contributed by atoms with Gasteiger partial charge in [0.05, 0.1) is 18.7 Å². The van der Waals surface area contributed by atoms with E-state index < -0.39 is 5.82 Å². The molecule has 1 heterocycles. The van der Waals surface area contributed by atoms with Crippen molar-refractivity contribution < 1.29 is 13.9 Å². The van der Waals surface area contributed by atoms with Gasteiger partial charge in [-0.15, -0.1) is 0 Å². The lowest BCUT2D eigenvalue weighted by atomic mass is 10.2. The van der Waals surface area contributed by atoms with E-state index in [0.29, 0.717) is 39.2 Å². The monoisotopic (exact) mass is 504 g/mol. The molecule has 1 aromatic heterocycles. The smallest absolute Gasteiger partial charge is 0.214 e. The third kappa shape index (κ3) is 5.30. The first-order valence-electron chi connectivity index (χ1n) is 9.86. The summed E-state index contributed by atoms with van der Waals surface area (Å²) < 4.78 is 26.7. The average Bonchev–Trinajstić information content (AvgIpc) is 3.18. The van der Waals surface area contributed by atoms with Crippen molar-refractivity contribution in [3.05, 3.63) is 92.4 Å². The molecular formula is C23H19Cl2FN4O2S. The molecular weight excluding hydrogens is 486 g/mol. The van der Waals surface area contributed by atoms with Gasteiger partial charge in [-0.1, -0.05) is 59.6 Å². The van der Waals surface area contributed by atoms with E-state index in [1.165, 1.54) is 19.2 Å². The molecule has 2 N–H and O–H groups in total. The number of H-pyrrole nitrogens is 1. The predicted molar refractivity (Wildman–Crippen MR) is 130 cm³/mol. The Bertz CT molecular complexity index is 1330. The second kappa shape index (κ2) is 10.2. The lowest BCUT2D eigenvalue weighted by Crippen LogP contribution is -2.16. The number of nitrogens with zero attached hydrogens (tertiary/aromatic N) is 2. The second-order valence-electron chi connectivity index (χ2n) is 7.01. The van der Waals surface area contributed by atoms with E-state index in [0.717, 1.165) is 11.1 Å². The number of benzene rings is 3. The predicted octanol–water partition coefficient (Wildman–Crippen LogP) is 6.38. The van der Waals surface area contributed by atoms with E-state index in [4.69, 9.17) is 44.9 Å². The van der Waals surface area contributed by atoms with Crippen LogP contribution in [0.25, 0.3) is 11.4 Å². The summed E-state index contributed by atoms with van der Waals surface area (Å²) in [5, 5.41) is 7.86. The molecule has 0 amide bonds. The van der Waals surface area contributed by atoms with Crippen molar-refractivity contribution in [3.8, 4) is 22.9 Å². The molecule has 0 bridgehead atoms. The maximum Gasteiger partial charge on any atom is 0.214 e. The van der Waals surface area contributed by atoms with E-state index in [1.54, 1.807) is 22.9 Å². The summed E-state index contributed by atoms with van der Waals surface area (Å²) in [5.41, 5.74) is 5.56. The van der Waals surface area contributed by atoms with Crippen LogP contribution in [0.5, 0.6) is 11.5 Å². The zero-order valence-electron chi connectivity index (χ0n) is 17.4. The van der Waals surface area contributed by atoms with E-state index in [2.05, 4.69) is 15.6 Å². The van der Waals surface area contributed by atoms with Crippen molar-refractivity contribution in [2.24, 2.45) is 0 Å². The normalized spacial score (nSPS) is 10.8. The van der Waals surface area contributed by atoms with Gasteiger partial charge in [0.15, 0.2) is 17.3 Å². The molecule has 4 rings (SSSR count). The minimum absolute atomic E-state index is 0.133. The van der Waals surface area contributed by atoms with E-state index in [1.807, 2.05) is 30.3 Å². The molecule has 170 valence electrons. The molecule has 0 radical (unpaired) electrons. The van der Waals surface area contributed by atoms with Crippen LogP contribution in [0.15, 0.2) is 60.7 Å². The summed E-state index contributed by atoms with van der Waals surface area (Å²) >= 11 is 18.0. The second-order valence-corrected chi connectivity index (χ2v) is 8.21. The van der Waals surface area contributed by atoms with Crippen LogP contribution in [0.4, 0.5) is 4.39 Å². The van der Waals surface area contributed by atoms with E-state index in [9.17, 15) is 4.39 Å².